The first-order valence-corrected chi connectivity index (χ1v) is 6.99. The second-order valence-corrected chi connectivity index (χ2v) is 6.33. The van der Waals surface area contributed by atoms with Gasteiger partial charge < -0.3 is 4.57 Å². The number of aryl methyl sites for hydroxylation is 1. The highest BCUT2D eigenvalue weighted by Gasteiger charge is 2.15. The van der Waals surface area contributed by atoms with Crippen molar-refractivity contribution in [3.05, 3.63) is 38.5 Å². The van der Waals surface area contributed by atoms with Crippen LogP contribution < -0.4 is 0 Å². The Morgan fingerprint density at radius 1 is 1.32 bits per heavy atom. The summed E-state index contributed by atoms with van der Waals surface area (Å²) in [7, 11) is 1.92. The molecular formula is C13H7Cl2N3S. The van der Waals surface area contributed by atoms with E-state index in [4.69, 9.17) is 28.5 Å². The topological polar surface area (TPSA) is 41.6 Å². The summed E-state index contributed by atoms with van der Waals surface area (Å²) in [5.41, 5.74) is 3.13. The average molecular weight is 308 g/mol. The third kappa shape index (κ3) is 2.00. The summed E-state index contributed by atoms with van der Waals surface area (Å²) in [6, 6.07) is 9.33. The molecule has 0 fully saturated rings. The largest absolute Gasteiger partial charge is 0.327 e. The van der Waals surface area contributed by atoms with Crippen LogP contribution in [0.2, 0.25) is 8.67 Å². The Kier molecular flexibility index (Phi) is 2.98. The Bertz CT molecular complexity index is 826. The van der Waals surface area contributed by atoms with Gasteiger partial charge in [-0.15, -0.1) is 11.3 Å². The number of thiophene rings is 1. The van der Waals surface area contributed by atoms with E-state index in [1.54, 1.807) is 18.2 Å². The Balaban J connectivity index is 2.28. The Labute approximate surface area is 123 Å². The molecule has 0 saturated heterocycles. The Morgan fingerprint density at radius 3 is 2.74 bits per heavy atom. The minimum Gasteiger partial charge on any atom is -0.327 e. The van der Waals surface area contributed by atoms with Crippen molar-refractivity contribution < 1.29 is 0 Å². The van der Waals surface area contributed by atoms with Crippen LogP contribution in [0.5, 0.6) is 0 Å². The van der Waals surface area contributed by atoms with Crippen molar-refractivity contribution in [1.29, 1.82) is 5.26 Å². The highest BCUT2D eigenvalue weighted by Crippen LogP contribution is 2.38. The Hall–Kier alpha value is -1.54. The second kappa shape index (κ2) is 4.53. The van der Waals surface area contributed by atoms with Crippen molar-refractivity contribution in [2.45, 2.75) is 0 Å². The van der Waals surface area contributed by atoms with E-state index < -0.39 is 0 Å². The number of aromatic nitrogens is 2. The van der Waals surface area contributed by atoms with Crippen molar-refractivity contribution in [3.8, 4) is 17.5 Å². The molecule has 94 valence electrons. The molecule has 0 N–H and O–H groups in total. The maximum Gasteiger partial charge on any atom is 0.143 e. The molecule has 0 bridgehead atoms. The van der Waals surface area contributed by atoms with E-state index in [2.05, 4.69) is 11.1 Å². The number of fused-ring (bicyclic) bond motifs is 1. The molecule has 0 unspecified atom stereocenters. The molecule has 0 amide bonds. The molecule has 1 aromatic carbocycles. The number of nitrogens with zero attached hydrogens (tertiary/aromatic N) is 3. The molecule has 0 aliphatic heterocycles. The quantitative estimate of drug-likeness (QED) is 0.665. The predicted octanol–water partition coefficient (Wildman–Crippen LogP) is 4.48. The minimum absolute atomic E-state index is 0.589. The monoisotopic (exact) mass is 307 g/mol. The normalized spacial score (nSPS) is 10.8. The van der Waals surface area contributed by atoms with Gasteiger partial charge in [-0.05, 0) is 24.3 Å². The molecule has 0 aliphatic rings. The van der Waals surface area contributed by atoms with Crippen molar-refractivity contribution in [1.82, 2.24) is 9.55 Å². The summed E-state index contributed by atoms with van der Waals surface area (Å²) in [5, 5.41) is 8.92. The molecule has 2 aromatic heterocycles. The predicted molar refractivity (Wildman–Crippen MR) is 78.8 cm³/mol. The van der Waals surface area contributed by atoms with Gasteiger partial charge in [0.05, 0.1) is 27.0 Å². The fourth-order valence-corrected chi connectivity index (χ4v) is 3.46. The van der Waals surface area contributed by atoms with Gasteiger partial charge in [0.15, 0.2) is 0 Å². The zero-order valence-electron chi connectivity index (χ0n) is 9.82. The van der Waals surface area contributed by atoms with Crippen LogP contribution >= 0.6 is 34.5 Å². The van der Waals surface area contributed by atoms with E-state index in [1.807, 2.05) is 17.7 Å². The van der Waals surface area contributed by atoms with E-state index >= 15 is 0 Å². The molecule has 0 aliphatic carbocycles. The van der Waals surface area contributed by atoms with Gasteiger partial charge in [0, 0.05) is 12.6 Å². The first kappa shape index (κ1) is 12.5. The molecule has 19 heavy (non-hydrogen) atoms. The van der Waals surface area contributed by atoms with Gasteiger partial charge in [0.25, 0.3) is 0 Å². The fourth-order valence-electron chi connectivity index (χ4n) is 2.00. The van der Waals surface area contributed by atoms with Crippen LogP contribution in [-0.4, -0.2) is 9.55 Å². The summed E-state index contributed by atoms with van der Waals surface area (Å²) >= 11 is 13.4. The summed E-state index contributed by atoms with van der Waals surface area (Å²) in [6.07, 6.45) is 0. The van der Waals surface area contributed by atoms with Crippen molar-refractivity contribution in [3.63, 3.8) is 0 Å². The highest BCUT2D eigenvalue weighted by molar-refractivity contribution is 7.20. The molecule has 0 spiro atoms. The van der Waals surface area contributed by atoms with Gasteiger partial charge in [0.2, 0.25) is 0 Å². The molecule has 3 rings (SSSR count). The third-order valence-electron chi connectivity index (χ3n) is 2.91. The first-order valence-electron chi connectivity index (χ1n) is 5.42. The van der Waals surface area contributed by atoms with Crippen molar-refractivity contribution in [2.24, 2.45) is 7.05 Å². The number of hydrogen-bond acceptors (Lipinski definition) is 3. The van der Waals surface area contributed by atoms with E-state index in [-0.39, 0.29) is 0 Å². The number of imidazole rings is 1. The van der Waals surface area contributed by atoms with Gasteiger partial charge in [0.1, 0.15) is 10.2 Å². The molecule has 0 radical (unpaired) electrons. The van der Waals surface area contributed by atoms with Crippen molar-refractivity contribution >= 4 is 45.6 Å². The summed E-state index contributed by atoms with van der Waals surface area (Å²) in [6.45, 7) is 0. The first-order chi connectivity index (χ1) is 9.10. The maximum atomic E-state index is 8.92. The maximum absolute atomic E-state index is 8.92. The zero-order chi connectivity index (χ0) is 13.6. The SMILES string of the molecule is Cn1c(-c2cc(Cl)sc2Cl)nc2cc(C#N)ccc21. The van der Waals surface area contributed by atoms with Crippen LogP contribution in [-0.2, 0) is 7.05 Å². The van der Waals surface area contributed by atoms with Crippen LogP contribution in [0.3, 0.4) is 0 Å². The van der Waals surface area contributed by atoms with E-state index in [0.29, 0.717) is 14.2 Å². The molecule has 3 aromatic rings. The summed E-state index contributed by atoms with van der Waals surface area (Å²) in [5.74, 6) is 0.748. The molecule has 0 atom stereocenters. The number of halogens is 2. The average Bonchev–Trinajstić information content (AvgIpc) is 2.89. The lowest BCUT2D eigenvalue weighted by molar-refractivity contribution is 0.960. The number of nitriles is 1. The zero-order valence-corrected chi connectivity index (χ0v) is 12.1. The van der Waals surface area contributed by atoms with E-state index in [9.17, 15) is 0 Å². The van der Waals surface area contributed by atoms with Crippen LogP contribution in [0.15, 0.2) is 24.3 Å². The van der Waals surface area contributed by atoms with Crippen molar-refractivity contribution in [2.75, 3.05) is 0 Å². The fraction of sp³-hybridized carbons (Fsp3) is 0.0769. The van der Waals surface area contributed by atoms with Gasteiger partial charge in [-0.2, -0.15) is 5.26 Å². The molecule has 3 nitrogen and oxygen atoms in total. The minimum atomic E-state index is 0.589. The lowest BCUT2D eigenvalue weighted by Gasteiger charge is -2.00. The second-order valence-electron chi connectivity index (χ2n) is 4.05. The van der Waals surface area contributed by atoms with Gasteiger partial charge in [-0.1, -0.05) is 23.2 Å². The molecule has 6 heteroatoms. The lowest BCUT2D eigenvalue weighted by Crippen LogP contribution is -1.91. The lowest BCUT2D eigenvalue weighted by atomic mass is 10.2. The van der Waals surface area contributed by atoms with Crippen LogP contribution in [0.1, 0.15) is 5.56 Å². The third-order valence-corrected chi connectivity index (χ3v) is 4.40. The summed E-state index contributed by atoms with van der Waals surface area (Å²) < 4.78 is 3.19. The van der Waals surface area contributed by atoms with E-state index in [1.165, 1.54) is 11.3 Å². The van der Waals surface area contributed by atoms with Crippen LogP contribution in [0.25, 0.3) is 22.4 Å². The van der Waals surface area contributed by atoms with Crippen LogP contribution in [0.4, 0.5) is 0 Å². The number of hydrogen-bond donors (Lipinski definition) is 0. The van der Waals surface area contributed by atoms with Gasteiger partial charge in [-0.25, -0.2) is 4.98 Å². The number of rotatable bonds is 1. The Morgan fingerprint density at radius 2 is 2.11 bits per heavy atom. The molecular weight excluding hydrogens is 301 g/mol. The standard InChI is InChI=1S/C13H7Cl2N3S/c1-18-10-3-2-7(6-16)4-9(10)17-13(18)8-5-11(14)19-12(8)15/h2-5H,1H3. The van der Waals surface area contributed by atoms with E-state index in [0.717, 1.165) is 22.4 Å². The number of benzene rings is 1. The summed E-state index contributed by atoms with van der Waals surface area (Å²) in [4.78, 5) is 4.54. The van der Waals surface area contributed by atoms with Gasteiger partial charge >= 0.3 is 0 Å². The molecule has 2 heterocycles. The smallest absolute Gasteiger partial charge is 0.143 e. The van der Waals surface area contributed by atoms with Crippen LogP contribution in [0, 0.1) is 11.3 Å². The highest BCUT2D eigenvalue weighted by atomic mass is 35.5. The van der Waals surface area contributed by atoms with Gasteiger partial charge in [-0.3, -0.25) is 0 Å². The molecule has 0 saturated carbocycles.